The third-order valence-electron chi connectivity index (χ3n) is 4.69. The highest BCUT2D eigenvalue weighted by molar-refractivity contribution is 7.80. The molecular weight excluding hydrogens is 391 g/mol. The fourth-order valence-electron chi connectivity index (χ4n) is 3.37. The Labute approximate surface area is 165 Å². The maximum absolute atomic E-state index is 14.7. The summed E-state index contributed by atoms with van der Waals surface area (Å²) in [4.78, 5) is 20.0. The first-order valence-corrected chi connectivity index (χ1v) is 9.28. The molecule has 2 N–H and O–H groups in total. The standard InChI is InChI=1S/C18H16ClFN4O2S/c19-10-8-11(20)14(9-15(10)26-16-12(21)4-3-6-22-16)24-17(25)13-5-1-2-7-23(13)18(24)27/h3-4,6,8-9,13H,1-2,5,7,21H2/t13-/m1/s1. The van der Waals surface area contributed by atoms with E-state index in [1.165, 1.54) is 17.2 Å². The zero-order valence-corrected chi connectivity index (χ0v) is 15.8. The lowest BCUT2D eigenvalue weighted by molar-refractivity contribution is -0.120. The molecule has 9 heteroatoms. The summed E-state index contributed by atoms with van der Waals surface area (Å²) in [6, 6.07) is 5.40. The lowest BCUT2D eigenvalue weighted by Crippen LogP contribution is -2.38. The van der Waals surface area contributed by atoms with Gasteiger partial charge in [-0.2, -0.15) is 0 Å². The number of aromatic nitrogens is 1. The van der Waals surface area contributed by atoms with Gasteiger partial charge in [0.05, 0.1) is 16.4 Å². The predicted octanol–water partition coefficient (Wildman–Crippen LogP) is 3.73. The Bertz CT molecular complexity index is 918. The Kier molecular flexibility index (Phi) is 4.61. The number of nitrogen functional groups attached to an aromatic ring is 1. The first-order valence-electron chi connectivity index (χ1n) is 8.49. The summed E-state index contributed by atoms with van der Waals surface area (Å²) in [5.74, 6) is -0.607. The molecule has 2 fully saturated rings. The molecule has 2 aromatic rings. The van der Waals surface area contributed by atoms with Crippen molar-refractivity contribution in [3.63, 3.8) is 0 Å². The second-order valence-electron chi connectivity index (χ2n) is 6.40. The van der Waals surface area contributed by atoms with Gasteiger partial charge in [0, 0.05) is 18.8 Å². The van der Waals surface area contributed by atoms with E-state index >= 15 is 0 Å². The Balaban J connectivity index is 1.72. The molecule has 0 unspecified atom stereocenters. The third kappa shape index (κ3) is 3.08. The number of benzene rings is 1. The van der Waals surface area contributed by atoms with Gasteiger partial charge >= 0.3 is 0 Å². The summed E-state index contributed by atoms with van der Waals surface area (Å²) in [6.07, 6.45) is 4.12. The third-order valence-corrected chi connectivity index (χ3v) is 5.41. The lowest BCUT2D eigenvalue weighted by atomic mass is 10.0. The molecule has 0 bridgehead atoms. The molecule has 4 rings (SSSR count). The highest BCUT2D eigenvalue weighted by atomic mass is 35.5. The van der Waals surface area contributed by atoms with Crippen LogP contribution in [0, 0.1) is 5.82 Å². The number of thiocarbonyl (C=S) groups is 1. The molecule has 0 aliphatic carbocycles. The fraction of sp³-hybridized carbons (Fsp3) is 0.278. The van der Waals surface area contributed by atoms with E-state index in [2.05, 4.69) is 4.98 Å². The highest BCUT2D eigenvalue weighted by Crippen LogP contribution is 2.39. The minimum absolute atomic E-state index is 0.00769. The molecule has 27 heavy (non-hydrogen) atoms. The topological polar surface area (TPSA) is 71.7 Å². The van der Waals surface area contributed by atoms with E-state index in [-0.39, 0.29) is 34.3 Å². The van der Waals surface area contributed by atoms with Gasteiger partial charge in [0.15, 0.2) is 5.11 Å². The van der Waals surface area contributed by atoms with Crippen LogP contribution in [0.2, 0.25) is 5.02 Å². The molecule has 1 atom stereocenters. The number of hydrogen-bond donors (Lipinski definition) is 1. The maximum atomic E-state index is 14.7. The van der Waals surface area contributed by atoms with Crippen molar-refractivity contribution in [3.05, 3.63) is 41.3 Å². The zero-order chi connectivity index (χ0) is 19.1. The van der Waals surface area contributed by atoms with E-state index in [0.717, 1.165) is 18.9 Å². The van der Waals surface area contributed by atoms with Crippen LogP contribution in [0.4, 0.5) is 15.8 Å². The number of ether oxygens (including phenoxy) is 1. The monoisotopic (exact) mass is 406 g/mol. The van der Waals surface area contributed by atoms with E-state index < -0.39 is 5.82 Å². The number of nitrogens with two attached hydrogens (primary N) is 1. The van der Waals surface area contributed by atoms with Crippen LogP contribution in [0.1, 0.15) is 19.3 Å². The maximum Gasteiger partial charge on any atom is 0.256 e. The van der Waals surface area contributed by atoms with Crippen molar-refractivity contribution >= 4 is 46.2 Å². The minimum Gasteiger partial charge on any atom is -0.435 e. The SMILES string of the molecule is Nc1cccnc1Oc1cc(N2C(=O)[C@H]3CCCCN3C2=S)c(F)cc1Cl. The second kappa shape index (κ2) is 6.94. The summed E-state index contributed by atoms with van der Waals surface area (Å²) in [5.41, 5.74) is 6.15. The number of carbonyl (C=O) groups is 1. The number of halogens is 2. The molecule has 0 spiro atoms. The molecule has 1 amide bonds. The lowest BCUT2D eigenvalue weighted by Gasteiger charge is -2.27. The van der Waals surface area contributed by atoms with Crippen LogP contribution in [0.25, 0.3) is 0 Å². The number of anilines is 2. The van der Waals surface area contributed by atoms with Gasteiger partial charge in [-0.3, -0.25) is 9.69 Å². The number of nitrogens with zero attached hydrogens (tertiary/aromatic N) is 3. The number of pyridine rings is 1. The van der Waals surface area contributed by atoms with Crippen LogP contribution in [-0.2, 0) is 4.79 Å². The van der Waals surface area contributed by atoms with Crippen LogP contribution >= 0.6 is 23.8 Å². The summed E-state index contributed by atoms with van der Waals surface area (Å²) < 4.78 is 20.3. The molecule has 2 saturated heterocycles. The van der Waals surface area contributed by atoms with E-state index in [1.54, 1.807) is 12.1 Å². The summed E-state index contributed by atoms with van der Waals surface area (Å²) in [6.45, 7) is 0.689. The number of carbonyl (C=O) groups excluding carboxylic acids is 1. The van der Waals surface area contributed by atoms with Crippen LogP contribution < -0.4 is 15.4 Å². The van der Waals surface area contributed by atoms with Crippen molar-refractivity contribution in [2.75, 3.05) is 17.2 Å². The average Bonchev–Trinajstić information content (AvgIpc) is 2.91. The molecule has 6 nitrogen and oxygen atoms in total. The molecular formula is C18H16ClFN4O2S. The molecule has 2 aliphatic heterocycles. The number of piperidine rings is 1. The Morgan fingerprint density at radius 1 is 1.37 bits per heavy atom. The first-order chi connectivity index (χ1) is 13.0. The minimum atomic E-state index is -0.656. The van der Waals surface area contributed by atoms with Gasteiger partial charge in [-0.15, -0.1) is 0 Å². The average molecular weight is 407 g/mol. The summed E-state index contributed by atoms with van der Waals surface area (Å²) >= 11 is 11.6. The number of amides is 1. The number of fused-ring (bicyclic) bond motifs is 1. The van der Waals surface area contributed by atoms with Gasteiger partial charge in [0.1, 0.15) is 17.6 Å². The largest absolute Gasteiger partial charge is 0.435 e. The van der Waals surface area contributed by atoms with Gasteiger partial charge in [0.2, 0.25) is 5.88 Å². The molecule has 140 valence electrons. The molecule has 0 radical (unpaired) electrons. The van der Waals surface area contributed by atoms with Crippen LogP contribution in [-0.4, -0.2) is 33.5 Å². The van der Waals surface area contributed by atoms with Crippen LogP contribution in [0.15, 0.2) is 30.5 Å². The highest BCUT2D eigenvalue weighted by Gasteiger charge is 2.45. The van der Waals surface area contributed by atoms with Gasteiger partial charge < -0.3 is 15.4 Å². The Hall–Kier alpha value is -2.45. The van der Waals surface area contributed by atoms with Gasteiger partial charge in [-0.25, -0.2) is 9.37 Å². The Morgan fingerprint density at radius 2 is 2.19 bits per heavy atom. The van der Waals surface area contributed by atoms with Gasteiger partial charge in [0.25, 0.3) is 5.91 Å². The quantitative estimate of drug-likeness (QED) is 0.783. The van der Waals surface area contributed by atoms with E-state index in [1.807, 2.05) is 4.90 Å². The second-order valence-corrected chi connectivity index (χ2v) is 7.17. The molecule has 1 aromatic carbocycles. The zero-order valence-electron chi connectivity index (χ0n) is 14.2. The summed E-state index contributed by atoms with van der Waals surface area (Å²) in [5, 5.41) is 0.339. The number of rotatable bonds is 3. The van der Waals surface area contributed by atoms with Crippen LogP contribution in [0.3, 0.4) is 0 Å². The van der Waals surface area contributed by atoms with Gasteiger partial charge in [-0.05, 0) is 49.7 Å². The summed E-state index contributed by atoms with van der Waals surface area (Å²) in [7, 11) is 0. The van der Waals surface area contributed by atoms with Crippen molar-refractivity contribution in [1.29, 1.82) is 0 Å². The molecule has 2 aliphatic rings. The smallest absolute Gasteiger partial charge is 0.256 e. The predicted molar refractivity (Wildman–Crippen MR) is 105 cm³/mol. The van der Waals surface area contributed by atoms with E-state index in [0.29, 0.717) is 23.8 Å². The van der Waals surface area contributed by atoms with E-state index in [4.69, 9.17) is 34.3 Å². The number of hydrogen-bond acceptors (Lipinski definition) is 5. The van der Waals surface area contributed by atoms with Gasteiger partial charge in [-0.1, -0.05) is 11.6 Å². The van der Waals surface area contributed by atoms with Crippen molar-refractivity contribution in [3.8, 4) is 11.6 Å². The molecule has 0 saturated carbocycles. The van der Waals surface area contributed by atoms with Crippen LogP contribution in [0.5, 0.6) is 11.6 Å². The van der Waals surface area contributed by atoms with Crippen molar-refractivity contribution < 1.29 is 13.9 Å². The Morgan fingerprint density at radius 3 is 2.93 bits per heavy atom. The fourth-order valence-corrected chi connectivity index (χ4v) is 3.97. The molecule has 3 heterocycles. The normalized spacial score (nSPS) is 19.4. The van der Waals surface area contributed by atoms with Crippen molar-refractivity contribution in [2.45, 2.75) is 25.3 Å². The first kappa shape index (κ1) is 17.9. The van der Waals surface area contributed by atoms with Crippen molar-refractivity contribution in [1.82, 2.24) is 9.88 Å². The van der Waals surface area contributed by atoms with E-state index in [9.17, 15) is 9.18 Å². The molecule has 1 aromatic heterocycles. The van der Waals surface area contributed by atoms with Crippen molar-refractivity contribution in [2.24, 2.45) is 0 Å².